The maximum atomic E-state index is 12.2. The first-order chi connectivity index (χ1) is 14.7. The lowest BCUT2D eigenvalue weighted by Crippen LogP contribution is -2.26. The average molecular weight is 445 g/mol. The van der Waals surface area contributed by atoms with E-state index in [1.807, 2.05) is 39.0 Å². The molecule has 2 rings (SSSR count). The van der Waals surface area contributed by atoms with E-state index in [0.29, 0.717) is 4.88 Å². The van der Waals surface area contributed by atoms with Gasteiger partial charge >= 0.3 is 5.97 Å². The van der Waals surface area contributed by atoms with Crippen molar-refractivity contribution in [2.24, 2.45) is 5.41 Å². The first-order valence-electron chi connectivity index (χ1n) is 11.2. The van der Waals surface area contributed by atoms with Crippen LogP contribution in [0.25, 0.3) is 0 Å². The molecule has 0 saturated carbocycles. The minimum atomic E-state index is -0.380. The molecule has 0 fully saturated rings. The van der Waals surface area contributed by atoms with Crippen molar-refractivity contribution < 1.29 is 19.1 Å². The number of carbonyl (C=O) groups is 2. The summed E-state index contributed by atoms with van der Waals surface area (Å²) < 4.78 is 10.6. The van der Waals surface area contributed by atoms with Crippen LogP contribution < -0.4 is 4.74 Å². The number of aryl methyl sites for hydroxylation is 3. The van der Waals surface area contributed by atoms with Crippen molar-refractivity contribution in [2.45, 2.75) is 72.6 Å². The van der Waals surface area contributed by atoms with Crippen LogP contribution in [0, 0.1) is 5.41 Å². The largest absolute Gasteiger partial charge is 0.486 e. The van der Waals surface area contributed by atoms with E-state index in [9.17, 15) is 9.59 Å². The number of thiophene rings is 1. The van der Waals surface area contributed by atoms with Crippen LogP contribution in [-0.4, -0.2) is 25.5 Å². The van der Waals surface area contributed by atoms with E-state index in [2.05, 4.69) is 19.1 Å². The molecule has 0 aliphatic carbocycles. The second-order valence-electron chi connectivity index (χ2n) is 8.97. The van der Waals surface area contributed by atoms with Crippen LogP contribution >= 0.6 is 11.3 Å². The second-order valence-corrected chi connectivity index (χ2v) is 10.1. The van der Waals surface area contributed by atoms with Crippen LogP contribution in [0.3, 0.4) is 0 Å². The number of hydrogen-bond acceptors (Lipinski definition) is 5. The van der Waals surface area contributed by atoms with E-state index < -0.39 is 0 Å². The molecule has 0 amide bonds. The van der Waals surface area contributed by atoms with E-state index in [1.165, 1.54) is 34.5 Å². The van der Waals surface area contributed by atoms with Gasteiger partial charge in [-0.1, -0.05) is 52.7 Å². The van der Waals surface area contributed by atoms with Gasteiger partial charge < -0.3 is 9.47 Å². The van der Waals surface area contributed by atoms with Crippen LogP contribution in [0.4, 0.5) is 0 Å². The van der Waals surface area contributed by atoms with Gasteiger partial charge in [-0.2, -0.15) is 0 Å². The lowest BCUT2D eigenvalue weighted by atomic mass is 9.91. The topological polar surface area (TPSA) is 52.6 Å². The highest BCUT2D eigenvalue weighted by Crippen LogP contribution is 2.25. The van der Waals surface area contributed by atoms with Gasteiger partial charge in [0.2, 0.25) is 0 Å². The molecule has 0 bridgehead atoms. The second kappa shape index (κ2) is 12.0. The van der Waals surface area contributed by atoms with Crippen molar-refractivity contribution >= 4 is 23.1 Å². The quantitative estimate of drug-likeness (QED) is 0.279. The number of Topliss-reactive ketones (excluding diaryl/α,β-unsaturated/α-hetero) is 1. The Labute approximate surface area is 191 Å². The van der Waals surface area contributed by atoms with E-state index >= 15 is 0 Å². The maximum absolute atomic E-state index is 12.2. The van der Waals surface area contributed by atoms with Crippen LogP contribution in [-0.2, 0) is 28.8 Å². The zero-order valence-electron chi connectivity index (χ0n) is 19.6. The molecule has 31 heavy (non-hydrogen) atoms. The molecule has 0 aliphatic rings. The Morgan fingerprint density at radius 2 is 1.71 bits per heavy atom. The smallest absolute Gasteiger partial charge is 0.348 e. The van der Waals surface area contributed by atoms with Crippen molar-refractivity contribution in [1.82, 2.24) is 0 Å². The van der Waals surface area contributed by atoms with Crippen molar-refractivity contribution in [2.75, 3.05) is 13.7 Å². The summed E-state index contributed by atoms with van der Waals surface area (Å²) >= 11 is 1.52. The summed E-state index contributed by atoms with van der Waals surface area (Å²) in [6.07, 6.45) is 7.41. The normalized spacial score (nSPS) is 11.4. The molecule has 170 valence electrons. The number of carbonyl (C=O) groups excluding carboxylic acids is 2. The molecule has 2 aromatic rings. The first-order valence-corrected chi connectivity index (χ1v) is 12.0. The third kappa shape index (κ3) is 8.13. The Morgan fingerprint density at radius 3 is 2.39 bits per heavy atom. The van der Waals surface area contributed by atoms with Crippen molar-refractivity contribution in [1.29, 1.82) is 0 Å². The maximum Gasteiger partial charge on any atom is 0.348 e. The number of ketones is 1. The molecule has 1 heterocycles. The first kappa shape index (κ1) is 25.1. The molecule has 0 saturated heterocycles. The number of rotatable bonds is 12. The molecule has 1 aromatic heterocycles. The average Bonchev–Trinajstić information content (AvgIpc) is 3.20. The van der Waals surface area contributed by atoms with Crippen LogP contribution in [0.5, 0.6) is 5.75 Å². The Hall–Kier alpha value is -2.14. The van der Waals surface area contributed by atoms with Gasteiger partial charge in [0.05, 0.1) is 7.11 Å². The van der Waals surface area contributed by atoms with Crippen molar-refractivity contribution in [3.8, 4) is 5.75 Å². The molecule has 0 aliphatic heterocycles. The molecule has 0 spiro atoms. The van der Waals surface area contributed by atoms with E-state index in [0.717, 1.165) is 50.7 Å². The van der Waals surface area contributed by atoms with Gasteiger partial charge in [0.1, 0.15) is 17.2 Å². The predicted octanol–water partition coefficient (Wildman–Crippen LogP) is 6.44. The zero-order valence-corrected chi connectivity index (χ0v) is 20.4. The fourth-order valence-corrected chi connectivity index (χ4v) is 4.25. The summed E-state index contributed by atoms with van der Waals surface area (Å²) in [5.41, 5.74) is 2.13. The number of hydrogen-bond donors (Lipinski definition) is 0. The number of unbranched alkanes of at least 4 members (excludes halogenated alkanes) is 2. The fourth-order valence-electron chi connectivity index (χ4n) is 3.28. The van der Waals surface area contributed by atoms with E-state index in [4.69, 9.17) is 9.47 Å². The van der Waals surface area contributed by atoms with Gasteiger partial charge in [-0.3, -0.25) is 4.79 Å². The van der Waals surface area contributed by atoms with Crippen LogP contribution in [0.15, 0.2) is 30.3 Å². The van der Waals surface area contributed by atoms with Gasteiger partial charge in [-0.25, -0.2) is 4.79 Å². The standard InChI is InChI=1S/C26H36O4S/c1-6-10-20-17-19(13-15-22(20)30-18-24(27)26(2,3)4)11-8-7-9-12-21-14-16-23(31-21)25(28)29-5/h13-17H,6-12,18H2,1-5H3. The molecule has 0 atom stereocenters. The third-order valence-corrected chi connectivity index (χ3v) is 6.40. The monoisotopic (exact) mass is 444 g/mol. The van der Waals surface area contributed by atoms with Gasteiger partial charge in [0.25, 0.3) is 0 Å². The summed E-state index contributed by atoms with van der Waals surface area (Å²) in [6, 6.07) is 10.3. The number of esters is 1. The van der Waals surface area contributed by atoms with Gasteiger partial charge in [-0.05, 0) is 61.4 Å². The van der Waals surface area contributed by atoms with Crippen molar-refractivity contribution in [3.63, 3.8) is 0 Å². The van der Waals surface area contributed by atoms with Crippen LogP contribution in [0.1, 0.15) is 79.1 Å². The van der Waals surface area contributed by atoms with Crippen molar-refractivity contribution in [3.05, 3.63) is 51.2 Å². The number of benzene rings is 1. The number of methoxy groups -OCH3 is 1. The highest BCUT2D eigenvalue weighted by Gasteiger charge is 2.22. The summed E-state index contributed by atoms with van der Waals surface area (Å²) in [5.74, 6) is 0.695. The lowest BCUT2D eigenvalue weighted by molar-refractivity contribution is -0.128. The minimum absolute atomic E-state index is 0.114. The molecule has 0 unspecified atom stereocenters. The Kier molecular flexibility index (Phi) is 9.76. The minimum Gasteiger partial charge on any atom is -0.486 e. The molecule has 0 N–H and O–H groups in total. The summed E-state index contributed by atoms with van der Waals surface area (Å²) in [5, 5.41) is 0. The Balaban J connectivity index is 1.82. The fraction of sp³-hybridized carbons (Fsp3) is 0.538. The molecular formula is C26H36O4S. The summed E-state index contributed by atoms with van der Waals surface area (Å²) in [7, 11) is 1.41. The van der Waals surface area contributed by atoms with Crippen LogP contribution in [0.2, 0.25) is 0 Å². The molecular weight excluding hydrogens is 408 g/mol. The molecule has 0 radical (unpaired) electrons. The highest BCUT2D eigenvalue weighted by molar-refractivity contribution is 7.13. The molecule has 5 heteroatoms. The van der Waals surface area contributed by atoms with E-state index in [1.54, 1.807) is 0 Å². The Bertz CT molecular complexity index is 861. The zero-order chi connectivity index (χ0) is 22.9. The SMILES string of the molecule is CCCc1cc(CCCCCc2ccc(C(=O)OC)s2)ccc1OCC(=O)C(C)(C)C. The van der Waals surface area contributed by atoms with Gasteiger partial charge in [-0.15, -0.1) is 11.3 Å². The molecule has 1 aromatic carbocycles. The lowest BCUT2D eigenvalue weighted by Gasteiger charge is -2.18. The Morgan fingerprint density at radius 1 is 0.968 bits per heavy atom. The molecule has 4 nitrogen and oxygen atoms in total. The van der Waals surface area contributed by atoms with E-state index in [-0.39, 0.29) is 23.8 Å². The predicted molar refractivity (Wildman–Crippen MR) is 127 cm³/mol. The van der Waals surface area contributed by atoms with Gasteiger partial charge in [0.15, 0.2) is 5.78 Å². The van der Waals surface area contributed by atoms with Gasteiger partial charge in [0, 0.05) is 10.3 Å². The summed E-state index contributed by atoms with van der Waals surface area (Å²) in [6.45, 7) is 8.05. The third-order valence-electron chi connectivity index (χ3n) is 5.28. The number of ether oxygens (including phenoxy) is 2. The highest BCUT2D eigenvalue weighted by atomic mass is 32.1. The summed E-state index contributed by atoms with van der Waals surface area (Å²) in [4.78, 5) is 25.6.